The van der Waals surface area contributed by atoms with E-state index >= 15 is 0 Å². The Labute approximate surface area is 352 Å². The second kappa shape index (κ2) is 21.3. The van der Waals surface area contributed by atoms with E-state index in [4.69, 9.17) is 0 Å². The van der Waals surface area contributed by atoms with Crippen LogP contribution in [0.1, 0.15) is 181 Å². The lowest BCUT2D eigenvalue weighted by Gasteiger charge is -2.41. The minimum absolute atomic E-state index is 0.0618. The fourth-order valence-electron chi connectivity index (χ4n) is 8.25. The highest BCUT2D eigenvalue weighted by molar-refractivity contribution is 7.79. The molecule has 0 amide bonds. The number of thiol groups is 1. The van der Waals surface area contributed by atoms with Gasteiger partial charge in [-0.1, -0.05) is 219 Å². The van der Waals surface area contributed by atoms with Crippen LogP contribution in [0.25, 0.3) is 0 Å². The van der Waals surface area contributed by atoms with E-state index in [1.807, 2.05) is 6.07 Å². The predicted octanol–water partition coefficient (Wildman–Crippen LogP) is 16.1. The number of aliphatic hydroxyl groups is 1. The molecule has 0 fully saturated rings. The molecule has 4 rings (SSSR count). The van der Waals surface area contributed by atoms with Crippen LogP contribution in [0.3, 0.4) is 0 Å². The van der Waals surface area contributed by atoms with Crippen molar-refractivity contribution in [1.29, 1.82) is 0 Å². The van der Waals surface area contributed by atoms with E-state index in [0.717, 1.165) is 24.3 Å². The predicted molar refractivity (Wildman–Crippen MR) is 252 cm³/mol. The second-order valence-electron chi connectivity index (χ2n) is 21.1. The van der Waals surface area contributed by atoms with Crippen LogP contribution in [0.5, 0.6) is 0 Å². The largest absolute Gasteiger partial charge is 0.392 e. The first kappa shape index (κ1) is 49.3. The van der Waals surface area contributed by atoms with E-state index in [1.54, 1.807) is 6.26 Å². The monoisotopic (exact) mass is 779 g/mol. The molecule has 1 N–H and O–H groups in total. The summed E-state index contributed by atoms with van der Waals surface area (Å²) >= 11 is 3.53. The molecule has 4 unspecified atom stereocenters. The van der Waals surface area contributed by atoms with Crippen LogP contribution in [0.4, 0.5) is 0 Å². The van der Waals surface area contributed by atoms with Crippen molar-refractivity contribution in [2.75, 3.05) is 6.26 Å². The van der Waals surface area contributed by atoms with Gasteiger partial charge >= 0.3 is 0 Å². The fraction of sp³-hybridized carbons (Fsp3) is 0.556. The van der Waals surface area contributed by atoms with Gasteiger partial charge in [0.15, 0.2) is 0 Å². The summed E-state index contributed by atoms with van der Waals surface area (Å²) in [6.45, 7) is 35.6. The summed E-state index contributed by atoms with van der Waals surface area (Å²) in [5.41, 5.74) is 9.07. The maximum atomic E-state index is 9.79. The fourth-order valence-corrected chi connectivity index (χ4v) is 8.25. The SMILES string of the molecule is CC(C)(C)CC(c1ccc(C(C)(C)C)cc1)C(C)(C)CC(c1ccccc1)c1cccc(CO)c1.CCC(C)C(C)(C)CC(c1ccccc1)C(C)(C)C.CS. The van der Waals surface area contributed by atoms with Crippen LogP contribution in [0.15, 0.2) is 109 Å². The van der Waals surface area contributed by atoms with Gasteiger partial charge in [-0.25, -0.2) is 0 Å². The molecule has 4 aromatic carbocycles. The van der Waals surface area contributed by atoms with Crippen LogP contribution in [-0.4, -0.2) is 11.4 Å². The summed E-state index contributed by atoms with van der Waals surface area (Å²) < 4.78 is 0. The second-order valence-corrected chi connectivity index (χ2v) is 21.1. The average Bonchev–Trinajstić information content (AvgIpc) is 3.15. The van der Waals surface area contributed by atoms with Gasteiger partial charge in [0.25, 0.3) is 0 Å². The van der Waals surface area contributed by atoms with Crippen molar-refractivity contribution in [3.63, 3.8) is 0 Å². The molecule has 4 aromatic rings. The molecule has 0 aliphatic rings. The molecule has 0 heterocycles. The third kappa shape index (κ3) is 15.2. The zero-order chi connectivity index (χ0) is 42.5. The molecule has 2 heteroatoms. The smallest absolute Gasteiger partial charge is 0.0681 e. The summed E-state index contributed by atoms with van der Waals surface area (Å²) in [6, 6.07) is 39.9. The molecule has 0 bridgehead atoms. The Balaban J connectivity index is 0.000000436. The number of hydrogen-bond acceptors (Lipinski definition) is 2. The van der Waals surface area contributed by atoms with E-state index < -0.39 is 0 Å². The standard InChI is InChI=1S/C34H46O.C19H32.CH4S/c1-32(2,3)23-31(27-17-19-29(20-18-27)33(4,5)6)34(7,8)22-30(26-14-10-9-11-15-26)28-16-12-13-25(21-28)24-35;1-8-15(2)19(6,7)14-17(18(3,4)5)16-12-10-9-11-13-16;1-2/h9-21,30-31,35H,22-24H2,1-8H3;9-13,15,17H,8,14H2,1-7H3;2H,1H3. The summed E-state index contributed by atoms with van der Waals surface area (Å²) in [7, 11) is 0. The quantitative estimate of drug-likeness (QED) is 0.130. The minimum atomic E-state index is 0.0618. The summed E-state index contributed by atoms with van der Waals surface area (Å²) in [4.78, 5) is 0. The Morgan fingerprint density at radius 2 is 1.00 bits per heavy atom. The molecule has 0 aliphatic heterocycles. The van der Waals surface area contributed by atoms with Gasteiger partial charge in [0.05, 0.1) is 6.61 Å². The van der Waals surface area contributed by atoms with E-state index in [0.29, 0.717) is 22.7 Å². The summed E-state index contributed by atoms with van der Waals surface area (Å²) in [5, 5.41) is 9.79. The van der Waals surface area contributed by atoms with Crippen molar-refractivity contribution in [3.8, 4) is 0 Å². The molecule has 0 saturated heterocycles. The van der Waals surface area contributed by atoms with Gasteiger partial charge in [-0.2, -0.15) is 12.6 Å². The molecule has 1 nitrogen and oxygen atoms in total. The lowest BCUT2D eigenvalue weighted by molar-refractivity contribution is 0.149. The lowest BCUT2D eigenvalue weighted by Crippen LogP contribution is -2.29. The molecular weight excluding hydrogens is 697 g/mol. The van der Waals surface area contributed by atoms with E-state index in [2.05, 4.69) is 220 Å². The average molecular weight is 779 g/mol. The van der Waals surface area contributed by atoms with E-state index in [9.17, 15) is 5.11 Å². The van der Waals surface area contributed by atoms with E-state index in [1.165, 1.54) is 40.7 Å². The minimum Gasteiger partial charge on any atom is -0.392 e. The summed E-state index contributed by atoms with van der Waals surface area (Å²) in [5.74, 6) is 2.09. The van der Waals surface area contributed by atoms with Crippen molar-refractivity contribution < 1.29 is 5.11 Å². The van der Waals surface area contributed by atoms with Gasteiger partial charge in [0.1, 0.15) is 0 Å². The number of benzene rings is 4. The van der Waals surface area contributed by atoms with Crippen LogP contribution in [0.2, 0.25) is 0 Å². The molecule has 0 radical (unpaired) electrons. The van der Waals surface area contributed by atoms with Gasteiger partial charge in [0.2, 0.25) is 0 Å². The Kier molecular flexibility index (Phi) is 18.7. The summed E-state index contributed by atoms with van der Waals surface area (Å²) in [6.07, 6.45) is 6.38. The third-order valence-electron chi connectivity index (χ3n) is 12.3. The highest BCUT2D eigenvalue weighted by Crippen LogP contribution is 2.50. The molecule has 0 aliphatic carbocycles. The molecule has 4 atom stereocenters. The maximum absolute atomic E-state index is 9.79. The van der Waals surface area contributed by atoms with Gasteiger partial charge in [-0.15, -0.1) is 0 Å². The zero-order valence-electron chi connectivity index (χ0n) is 38.6. The first-order valence-electron chi connectivity index (χ1n) is 21.3. The first-order chi connectivity index (χ1) is 26.0. The number of hydrogen-bond donors (Lipinski definition) is 2. The third-order valence-corrected chi connectivity index (χ3v) is 12.3. The Bertz CT molecular complexity index is 1660. The van der Waals surface area contributed by atoms with Gasteiger partial charge in [-0.05, 0) is 104 Å². The van der Waals surface area contributed by atoms with Gasteiger partial charge < -0.3 is 5.11 Å². The van der Waals surface area contributed by atoms with Gasteiger partial charge in [-0.3, -0.25) is 0 Å². The van der Waals surface area contributed by atoms with Crippen LogP contribution in [0, 0.1) is 27.6 Å². The van der Waals surface area contributed by atoms with Crippen molar-refractivity contribution in [2.24, 2.45) is 27.6 Å². The Hall–Kier alpha value is -2.81. The van der Waals surface area contributed by atoms with Gasteiger partial charge in [0, 0.05) is 5.92 Å². The van der Waals surface area contributed by atoms with Crippen molar-refractivity contribution in [2.45, 2.75) is 159 Å². The normalized spacial score (nSPS) is 14.7. The number of rotatable bonds is 13. The number of aliphatic hydroxyl groups excluding tert-OH is 1. The molecule has 56 heavy (non-hydrogen) atoms. The van der Waals surface area contributed by atoms with Crippen molar-refractivity contribution >= 4 is 12.6 Å². The maximum Gasteiger partial charge on any atom is 0.0681 e. The molecule has 0 aromatic heterocycles. The van der Waals surface area contributed by atoms with Crippen molar-refractivity contribution in [3.05, 3.63) is 143 Å². The van der Waals surface area contributed by atoms with Crippen LogP contribution >= 0.6 is 12.6 Å². The van der Waals surface area contributed by atoms with Crippen LogP contribution in [-0.2, 0) is 12.0 Å². The molecule has 0 saturated carbocycles. The molecule has 310 valence electrons. The highest BCUT2D eigenvalue weighted by Gasteiger charge is 2.37. The highest BCUT2D eigenvalue weighted by atomic mass is 32.1. The van der Waals surface area contributed by atoms with E-state index in [-0.39, 0.29) is 28.8 Å². The lowest BCUT2D eigenvalue weighted by atomic mass is 9.63. The first-order valence-corrected chi connectivity index (χ1v) is 22.2. The molecular formula is C54H82OS. The topological polar surface area (TPSA) is 20.2 Å². The molecule has 0 spiro atoms. The Morgan fingerprint density at radius 3 is 1.45 bits per heavy atom. The van der Waals surface area contributed by atoms with Crippen LogP contribution < -0.4 is 0 Å². The Morgan fingerprint density at radius 1 is 0.518 bits per heavy atom. The van der Waals surface area contributed by atoms with Crippen molar-refractivity contribution in [1.82, 2.24) is 0 Å². The zero-order valence-corrected chi connectivity index (χ0v) is 39.5.